The number of methoxy groups -OCH3 is 2. The highest BCUT2D eigenvalue weighted by Crippen LogP contribution is 2.53. The maximum absolute atomic E-state index is 14.1. The second-order valence-electron chi connectivity index (χ2n) is 22.1. The number of rotatable bonds is 17. The molecule has 2 aliphatic carbocycles. The van der Waals surface area contributed by atoms with Gasteiger partial charge in [0, 0.05) is 87.3 Å². The van der Waals surface area contributed by atoms with Crippen LogP contribution in [0.3, 0.4) is 0 Å². The Bertz CT molecular complexity index is 3190. The molecule has 1 amide bonds. The van der Waals surface area contributed by atoms with Crippen LogP contribution >= 0.6 is 0 Å². The molecule has 76 heavy (non-hydrogen) atoms. The summed E-state index contributed by atoms with van der Waals surface area (Å²) in [5, 5.41) is 26.5. The monoisotopic (exact) mass is 1050 g/mol. The number of benzene rings is 4. The van der Waals surface area contributed by atoms with Crippen LogP contribution in [0.4, 0.5) is 17.1 Å². The quantitative estimate of drug-likeness (QED) is 0.0496. The normalized spacial score (nSPS) is 21.3. The molecule has 402 valence electrons. The molecule has 2 aliphatic heterocycles. The molecule has 0 unspecified atom stereocenters. The minimum absolute atomic E-state index is 0.0338. The number of amides is 1. The van der Waals surface area contributed by atoms with Crippen molar-refractivity contribution in [2.75, 3.05) is 63.7 Å². The lowest BCUT2D eigenvalue weighted by molar-refractivity contribution is -0.384. The number of aromatic nitrogens is 2. The molecule has 4 aromatic carbocycles. The highest BCUT2D eigenvalue weighted by atomic mass is 32.2. The van der Waals surface area contributed by atoms with E-state index in [1.54, 1.807) is 44.8 Å². The Balaban J connectivity index is 0.831. The van der Waals surface area contributed by atoms with Gasteiger partial charge in [0.15, 0.2) is 11.5 Å². The first kappa shape index (κ1) is 52.7. The Hall–Kier alpha value is -6.73. The maximum atomic E-state index is 14.1. The standard InChI is InChI=1S/C58H70N8O9S/c1-38(2)46-8-6-7-9-47(46)51-37-63(36-40-10-15-52(73-4)54(28-40)74-5)26-27-65(51)43-32-58(33-43)21-24-64(25-22-58)42-11-13-48(53(30-42)75-44-29-41-18-23-59-55(41)61-35-44)56(67)62-76(71,72)45-12-14-49(50(31-45)66(69)70)60-34-39-16-19-57(3,68)20-17-39/h6-15,18,23,28-31,35,38-39,43,51,60,68H,16-17,19-22,24-27,32-34,36-37H2,1-5H3,(H,59,61)(H,62,67)/t39-,51-,57-/m1/s1. The topological polar surface area (TPSA) is 205 Å². The molecule has 1 spiro atoms. The number of fused-ring (bicyclic) bond motifs is 1. The molecule has 2 saturated carbocycles. The van der Waals surface area contributed by atoms with Gasteiger partial charge in [-0.1, -0.05) is 44.2 Å². The number of piperazine rings is 1. The maximum Gasteiger partial charge on any atom is 0.293 e. The van der Waals surface area contributed by atoms with Crippen molar-refractivity contribution in [1.29, 1.82) is 0 Å². The summed E-state index contributed by atoms with van der Waals surface area (Å²) < 4.78 is 47.5. The highest BCUT2D eigenvalue weighted by molar-refractivity contribution is 7.90. The van der Waals surface area contributed by atoms with E-state index in [0.29, 0.717) is 42.7 Å². The SMILES string of the molecule is COc1ccc(CN2CCN(C3CC4(CCN(c5ccc(C(=O)NS(=O)(=O)c6ccc(NC[C@H]7CC[C@](C)(O)CC7)c([N+](=O)[O-])c6)c(Oc6cnc7[nH]ccc7c6)c5)CC4)C3)[C@@H](c3ccccc3C(C)C)C2)cc1OC. The average molecular weight is 1060 g/mol. The Kier molecular flexibility index (Phi) is 15.1. The molecule has 1 atom stereocenters. The van der Waals surface area contributed by atoms with Crippen molar-refractivity contribution in [3.63, 3.8) is 0 Å². The highest BCUT2D eigenvalue weighted by Gasteiger charge is 2.50. The van der Waals surface area contributed by atoms with Crippen molar-refractivity contribution >= 4 is 44.0 Å². The van der Waals surface area contributed by atoms with Crippen molar-refractivity contribution in [2.45, 2.75) is 107 Å². The number of hydrogen-bond donors (Lipinski definition) is 4. The Labute approximate surface area is 445 Å². The van der Waals surface area contributed by atoms with Crippen LogP contribution in [0, 0.1) is 21.4 Å². The number of nitrogens with one attached hydrogen (secondary N) is 3. The minimum Gasteiger partial charge on any atom is -0.493 e. The molecule has 2 aromatic heterocycles. The Morgan fingerprint density at radius 2 is 1.67 bits per heavy atom. The number of H-pyrrole nitrogens is 1. The summed E-state index contributed by atoms with van der Waals surface area (Å²) in [6, 6.07) is 28.3. The van der Waals surface area contributed by atoms with Crippen LogP contribution < -0.4 is 29.1 Å². The summed E-state index contributed by atoms with van der Waals surface area (Å²) in [6.07, 6.45) is 10.4. The number of pyridine rings is 1. The van der Waals surface area contributed by atoms with Gasteiger partial charge in [-0.2, -0.15) is 0 Å². The molecule has 10 rings (SSSR count). The fourth-order valence-electron chi connectivity index (χ4n) is 12.2. The van der Waals surface area contributed by atoms with E-state index >= 15 is 0 Å². The van der Waals surface area contributed by atoms with Gasteiger partial charge in [0.2, 0.25) is 0 Å². The number of anilines is 2. The molecule has 0 bridgehead atoms. The van der Waals surface area contributed by atoms with E-state index in [2.05, 4.69) is 85.0 Å². The van der Waals surface area contributed by atoms with Crippen molar-refractivity contribution in [1.82, 2.24) is 24.5 Å². The lowest BCUT2D eigenvalue weighted by Gasteiger charge is -2.58. The fraction of sp³-hybridized carbons (Fsp3) is 0.448. The predicted molar refractivity (Wildman–Crippen MR) is 293 cm³/mol. The molecule has 6 aromatic rings. The third-order valence-electron chi connectivity index (χ3n) is 16.6. The van der Waals surface area contributed by atoms with E-state index in [0.717, 1.165) is 106 Å². The minimum atomic E-state index is -4.59. The van der Waals surface area contributed by atoms with Crippen LogP contribution in [-0.4, -0.2) is 109 Å². The van der Waals surface area contributed by atoms with Gasteiger partial charge in [0.1, 0.15) is 22.8 Å². The zero-order chi connectivity index (χ0) is 53.4. The molecular formula is C58H70N8O9S. The van der Waals surface area contributed by atoms with Gasteiger partial charge in [-0.05, 0) is 141 Å². The van der Waals surface area contributed by atoms with E-state index in [1.165, 1.54) is 28.8 Å². The van der Waals surface area contributed by atoms with Crippen LogP contribution in [0.2, 0.25) is 0 Å². The molecule has 4 heterocycles. The lowest BCUT2D eigenvalue weighted by atomic mass is 9.59. The first-order valence-electron chi connectivity index (χ1n) is 26.6. The summed E-state index contributed by atoms with van der Waals surface area (Å²) in [5.74, 6) is 1.60. The van der Waals surface area contributed by atoms with Gasteiger partial charge in [-0.25, -0.2) is 18.1 Å². The molecule has 0 radical (unpaired) electrons. The molecule has 4 fully saturated rings. The number of ether oxygens (including phenoxy) is 3. The van der Waals surface area contributed by atoms with E-state index < -0.39 is 37.0 Å². The molecule has 17 nitrogen and oxygen atoms in total. The number of carbonyl (C=O) groups excluding carboxylic acids is 1. The van der Waals surface area contributed by atoms with Gasteiger partial charge in [-0.15, -0.1) is 0 Å². The largest absolute Gasteiger partial charge is 0.493 e. The second-order valence-corrected chi connectivity index (χ2v) is 23.8. The van der Waals surface area contributed by atoms with Gasteiger partial charge in [-0.3, -0.25) is 24.7 Å². The number of nitrogens with zero attached hydrogens (tertiary/aromatic N) is 5. The summed E-state index contributed by atoms with van der Waals surface area (Å²) in [4.78, 5) is 40.5. The van der Waals surface area contributed by atoms with Gasteiger partial charge < -0.3 is 34.5 Å². The molecule has 4 aliphatic rings. The van der Waals surface area contributed by atoms with Crippen LogP contribution in [-0.2, 0) is 16.6 Å². The zero-order valence-corrected chi connectivity index (χ0v) is 44.9. The zero-order valence-electron chi connectivity index (χ0n) is 44.1. The van der Waals surface area contributed by atoms with Crippen LogP contribution in [0.25, 0.3) is 11.0 Å². The Morgan fingerprint density at radius 3 is 2.41 bits per heavy atom. The fourth-order valence-corrected chi connectivity index (χ4v) is 13.2. The molecule has 4 N–H and O–H groups in total. The summed E-state index contributed by atoms with van der Waals surface area (Å²) in [7, 11) is -1.25. The first-order valence-corrected chi connectivity index (χ1v) is 28.1. The number of aliphatic hydroxyl groups is 1. The molecular weight excluding hydrogens is 985 g/mol. The van der Waals surface area contributed by atoms with Gasteiger partial charge in [0.05, 0.1) is 41.4 Å². The third-order valence-corrected chi connectivity index (χ3v) is 17.9. The lowest BCUT2D eigenvalue weighted by Crippen LogP contribution is -2.60. The predicted octanol–water partition coefficient (Wildman–Crippen LogP) is 10.2. The summed E-state index contributed by atoms with van der Waals surface area (Å²) in [5.41, 5.74) is 4.71. The number of nitro groups is 1. The smallest absolute Gasteiger partial charge is 0.293 e. The molecule has 2 saturated heterocycles. The van der Waals surface area contributed by atoms with E-state index in [-0.39, 0.29) is 34.4 Å². The number of carbonyl (C=O) groups is 1. The van der Waals surface area contributed by atoms with Crippen molar-refractivity contribution in [3.05, 3.63) is 136 Å². The third kappa shape index (κ3) is 11.4. The summed E-state index contributed by atoms with van der Waals surface area (Å²) in [6.45, 7) is 12.1. The molecule has 18 heteroatoms. The number of aromatic amines is 1. The number of nitro benzene ring substituents is 1. The number of hydrogen-bond acceptors (Lipinski definition) is 14. The Morgan fingerprint density at radius 1 is 0.908 bits per heavy atom. The number of piperidine rings is 1. The van der Waals surface area contributed by atoms with E-state index in [1.807, 2.05) is 25.1 Å². The van der Waals surface area contributed by atoms with Crippen LogP contribution in [0.1, 0.15) is 111 Å². The second kappa shape index (κ2) is 21.7. The van der Waals surface area contributed by atoms with Crippen LogP contribution in [0.15, 0.2) is 108 Å². The van der Waals surface area contributed by atoms with Gasteiger partial charge >= 0.3 is 0 Å². The summed E-state index contributed by atoms with van der Waals surface area (Å²) >= 11 is 0. The van der Waals surface area contributed by atoms with E-state index in [9.17, 15) is 28.4 Å². The average Bonchev–Trinajstić information content (AvgIpc) is 3.89. The van der Waals surface area contributed by atoms with E-state index in [4.69, 9.17) is 14.2 Å². The van der Waals surface area contributed by atoms with Crippen molar-refractivity contribution < 1.29 is 37.5 Å². The van der Waals surface area contributed by atoms with Gasteiger partial charge in [0.25, 0.3) is 21.6 Å². The van der Waals surface area contributed by atoms with Crippen LogP contribution in [0.5, 0.6) is 23.0 Å². The van der Waals surface area contributed by atoms with Crippen molar-refractivity contribution in [2.24, 2.45) is 11.3 Å². The first-order chi connectivity index (χ1) is 36.5. The van der Waals surface area contributed by atoms with Crippen molar-refractivity contribution in [3.8, 4) is 23.0 Å². The number of sulfonamides is 1.